The summed E-state index contributed by atoms with van der Waals surface area (Å²) in [7, 11) is 0. The van der Waals surface area contributed by atoms with Gasteiger partial charge in [-0.2, -0.15) is 0 Å². The highest BCUT2D eigenvalue weighted by Gasteiger charge is 2.34. The Labute approximate surface area is 128 Å². The second kappa shape index (κ2) is 5.37. The van der Waals surface area contributed by atoms with E-state index < -0.39 is 0 Å². The summed E-state index contributed by atoms with van der Waals surface area (Å²) in [5.41, 5.74) is 2.31. The Kier molecular flexibility index (Phi) is 3.39. The lowest BCUT2D eigenvalue weighted by atomic mass is 9.66. The zero-order chi connectivity index (χ0) is 15.7. The topological polar surface area (TPSA) is 56.3 Å². The summed E-state index contributed by atoms with van der Waals surface area (Å²) < 4.78 is 0. The predicted octanol–water partition coefficient (Wildman–Crippen LogP) is 2.54. The highest BCUT2D eigenvalue weighted by atomic mass is 14.7. The van der Waals surface area contributed by atoms with Gasteiger partial charge in [-0.25, -0.2) is 20.2 Å². The fraction of sp³-hybridized carbons (Fsp3) is 0.333. The molecule has 4 nitrogen and oxygen atoms in total. The molecular weight excluding hydrogens is 272 g/mol. The Bertz CT molecular complexity index is 822. The van der Waals surface area contributed by atoms with Gasteiger partial charge >= 0.3 is 0 Å². The van der Waals surface area contributed by atoms with Crippen LogP contribution in [0.2, 0.25) is 0 Å². The van der Waals surface area contributed by atoms with E-state index in [1.807, 2.05) is 12.1 Å². The Morgan fingerprint density at radius 3 is 1.50 bits per heavy atom. The minimum Gasteiger partial charge on any atom is -0.226 e. The first-order valence-electron chi connectivity index (χ1n) is 7.21. The minimum atomic E-state index is 0.108. The van der Waals surface area contributed by atoms with Crippen molar-refractivity contribution in [1.82, 2.24) is 0 Å². The molecule has 0 spiro atoms. The molecule has 0 aromatic heterocycles. The van der Waals surface area contributed by atoms with Crippen LogP contribution in [0.5, 0.6) is 0 Å². The van der Waals surface area contributed by atoms with E-state index in [2.05, 4.69) is 9.69 Å². The third-order valence-corrected chi connectivity index (χ3v) is 4.78. The quantitative estimate of drug-likeness (QED) is 0.687. The van der Waals surface area contributed by atoms with E-state index in [-0.39, 0.29) is 11.4 Å². The number of nitrogens with zero attached hydrogens (tertiary/aromatic N) is 4. The summed E-state index contributed by atoms with van der Waals surface area (Å²) in [5.74, 6) is 0.677. The smallest absolute Gasteiger partial charge is 0.226 e. The molecule has 0 N–H and O–H groups in total. The Morgan fingerprint density at radius 1 is 0.864 bits per heavy atom. The van der Waals surface area contributed by atoms with Gasteiger partial charge in [0.2, 0.25) is 0 Å². The van der Waals surface area contributed by atoms with E-state index in [1.165, 1.54) is 0 Å². The average Bonchev–Trinajstić information content (AvgIpc) is 2.59. The van der Waals surface area contributed by atoms with Crippen molar-refractivity contribution >= 4 is 11.4 Å². The van der Waals surface area contributed by atoms with Crippen molar-refractivity contribution in [3.8, 4) is 12.1 Å². The van der Waals surface area contributed by atoms with E-state index in [0.717, 1.165) is 36.8 Å². The number of hydrogen-bond donors (Lipinski definition) is 0. The Balaban J connectivity index is 2.55. The third-order valence-electron chi connectivity index (χ3n) is 4.78. The van der Waals surface area contributed by atoms with Gasteiger partial charge in [-0.1, -0.05) is 12.1 Å². The first-order valence-corrected chi connectivity index (χ1v) is 7.21. The normalized spacial score (nSPS) is 24.0. The largest absolute Gasteiger partial charge is 0.269 e. The van der Waals surface area contributed by atoms with Crippen molar-refractivity contribution < 1.29 is 0 Å². The number of nitriles is 2. The van der Waals surface area contributed by atoms with Crippen molar-refractivity contribution in [1.29, 1.82) is 10.5 Å². The summed E-state index contributed by atoms with van der Waals surface area (Å²) >= 11 is 0. The molecule has 1 aromatic carbocycles. The molecule has 0 atom stereocenters. The van der Waals surface area contributed by atoms with Crippen LogP contribution in [0.15, 0.2) is 12.1 Å². The summed E-state index contributed by atoms with van der Waals surface area (Å²) in [6.07, 6.45) is 4.24. The Hall–Kier alpha value is -3.08. The van der Waals surface area contributed by atoms with Gasteiger partial charge in [-0.3, -0.25) is 0 Å². The molecule has 3 aliphatic rings. The van der Waals surface area contributed by atoms with Crippen LogP contribution in [0.25, 0.3) is 21.1 Å². The second-order valence-electron chi connectivity index (χ2n) is 5.68. The van der Waals surface area contributed by atoms with Crippen LogP contribution in [-0.2, 0) is 0 Å². The first kappa shape index (κ1) is 13.9. The van der Waals surface area contributed by atoms with E-state index >= 15 is 0 Å². The monoisotopic (exact) mass is 284 g/mol. The summed E-state index contributed by atoms with van der Waals surface area (Å²) in [6.45, 7) is 14.4. The second-order valence-corrected chi connectivity index (χ2v) is 5.68. The molecule has 1 saturated carbocycles. The van der Waals surface area contributed by atoms with E-state index in [9.17, 15) is 10.5 Å². The van der Waals surface area contributed by atoms with Crippen molar-refractivity contribution in [2.45, 2.75) is 37.5 Å². The van der Waals surface area contributed by atoms with Gasteiger partial charge in [0.25, 0.3) is 11.4 Å². The van der Waals surface area contributed by atoms with Gasteiger partial charge in [0.05, 0.1) is 25.3 Å². The van der Waals surface area contributed by atoms with E-state index in [1.54, 1.807) is 12.1 Å². The molecule has 0 amide bonds. The maximum Gasteiger partial charge on any atom is 0.269 e. The van der Waals surface area contributed by atoms with Gasteiger partial charge in [0, 0.05) is 0 Å². The maximum absolute atomic E-state index is 9.22. The molecule has 1 fully saturated rings. The van der Waals surface area contributed by atoms with Crippen LogP contribution < -0.4 is 10.4 Å². The number of benzene rings is 1. The molecule has 1 aromatic rings. The number of hydrogen-bond acceptors (Lipinski definition) is 2. The molecule has 104 valence electrons. The van der Waals surface area contributed by atoms with Gasteiger partial charge in [0.15, 0.2) is 0 Å². The van der Waals surface area contributed by atoms with E-state index in [4.69, 9.17) is 13.1 Å². The molecule has 0 aliphatic heterocycles. The fourth-order valence-corrected chi connectivity index (χ4v) is 3.89. The van der Waals surface area contributed by atoms with Crippen LogP contribution in [0, 0.1) is 35.8 Å². The van der Waals surface area contributed by atoms with Gasteiger partial charge in [-0.05, 0) is 59.1 Å². The van der Waals surface area contributed by atoms with Crippen LogP contribution in [-0.4, -0.2) is 0 Å². The number of fused-ring (bicyclic) bond motifs is 2. The van der Waals surface area contributed by atoms with Gasteiger partial charge < -0.3 is 0 Å². The first-order chi connectivity index (χ1) is 10.7. The Morgan fingerprint density at radius 2 is 1.23 bits per heavy atom. The lowest BCUT2D eigenvalue weighted by Gasteiger charge is -2.39. The van der Waals surface area contributed by atoms with Crippen molar-refractivity contribution in [2.75, 3.05) is 0 Å². The molecule has 22 heavy (non-hydrogen) atoms. The molecule has 2 bridgehead atoms. The van der Waals surface area contributed by atoms with Gasteiger partial charge in [0.1, 0.15) is 0 Å². The maximum atomic E-state index is 9.22. The SMILES string of the molecule is [C-]#[N+]/C(C#N)=c1\cc/c(=C(/C#N)[N+]#[C-])c2c1C1CCC2CC1. The average molecular weight is 284 g/mol. The highest BCUT2D eigenvalue weighted by molar-refractivity contribution is 5.71. The predicted molar refractivity (Wildman–Crippen MR) is 80.9 cm³/mol. The van der Waals surface area contributed by atoms with E-state index in [0.29, 0.717) is 22.3 Å². The number of rotatable bonds is 0. The molecule has 0 heterocycles. The molecule has 0 radical (unpaired) electrons. The van der Waals surface area contributed by atoms with Crippen LogP contribution in [0.1, 0.15) is 48.6 Å². The molecule has 3 aliphatic carbocycles. The molecule has 4 heteroatoms. The van der Waals surface area contributed by atoms with Gasteiger partial charge in [-0.15, -0.1) is 0 Å². The molecule has 0 saturated heterocycles. The summed E-state index contributed by atoms with van der Waals surface area (Å²) in [4.78, 5) is 6.71. The van der Waals surface area contributed by atoms with Crippen molar-refractivity contribution in [3.05, 3.63) is 56.5 Å². The summed E-state index contributed by atoms with van der Waals surface area (Å²) in [5, 5.41) is 19.8. The van der Waals surface area contributed by atoms with Crippen LogP contribution in [0.3, 0.4) is 0 Å². The zero-order valence-electron chi connectivity index (χ0n) is 11.9. The highest BCUT2D eigenvalue weighted by Crippen LogP contribution is 2.46. The molecule has 0 unspecified atom stereocenters. The minimum absolute atomic E-state index is 0.108. The third kappa shape index (κ3) is 1.87. The summed E-state index contributed by atoms with van der Waals surface area (Å²) in [6, 6.07) is 7.46. The lowest BCUT2D eigenvalue weighted by molar-refractivity contribution is 0.355. The van der Waals surface area contributed by atoms with Crippen molar-refractivity contribution in [2.24, 2.45) is 0 Å². The fourth-order valence-electron chi connectivity index (χ4n) is 3.89. The zero-order valence-corrected chi connectivity index (χ0v) is 11.9. The lowest BCUT2D eigenvalue weighted by Crippen LogP contribution is -2.35. The van der Waals surface area contributed by atoms with Crippen molar-refractivity contribution in [3.63, 3.8) is 0 Å². The van der Waals surface area contributed by atoms with Crippen LogP contribution in [0.4, 0.5) is 0 Å². The standard InChI is InChI=1S/C18H12N4/c1-21-15(9-19)13-7-8-14(16(10-20)22-2)18-12-5-3-11(4-6-12)17(13)18/h7-8,11-12H,3-6H2/b15-13+,16-14+. The van der Waals surface area contributed by atoms with Crippen LogP contribution >= 0.6 is 0 Å². The molecular formula is C18H12N4. The molecule has 4 rings (SSSR count).